The number of amides is 1. The molecule has 1 fully saturated rings. The van der Waals surface area contributed by atoms with Gasteiger partial charge in [-0.3, -0.25) is 4.79 Å². The van der Waals surface area contributed by atoms with Crippen molar-refractivity contribution in [3.8, 4) is 11.5 Å². The highest BCUT2D eigenvalue weighted by atomic mass is 16.6. The van der Waals surface area contributed by atoms with Gasteiger partial charge in [-0.05, 0) is 30.5 Å². The Kier molecular flexibility index (Phi) is 4.29. The van der Waals surface area contributed by atoms with Gasteiger partial charge in [-0.2, -0.15) is 4.98 Å². The molecular formula is C18H21N3O4. The Balaban J connectivity index is 1.42. The number of nitrogens with zero attached hydrogens (tertiary/aromatic N) is 3. The fourth-order valence-corrected chi connectivity index (χ4v) is 3.38. The van der Waals surface area contributed by atoms with E-state index in [-0.39, 0.29) is 11.8 Å². The largest absolute Gasteiger partial charge is 0.486 e. The SMILES string of the molecule is Cc1nc(C2CCCN(C(=O)Cc3ccc4c(c3)OCCO4)C2)no1. The Morgan fingerprint density at radius 2 is 2.12 bits per heavy atom. The van der Waals surface area contributed by atoms with Gasteiger partial charge in [0.1, 0.15) is 13.2 Å². The summed E-state index contributed by atoms with van der Waals surface area (Å²) in [6.07, 6.45) is 2.28. The molecular weight excluding hydrogens is 322 g/mol. The number of rotatable bonds is 3. The molecule has 1 saturated heterocycles. The number of aryl methyl sites for hydroxylation is 1. The van der Waals surface area contributed by atoms with Gasteiger partial charge in [-0.25, -0.2) is 0 Å². The minimum absolute atomic E-state index is 0.113. The highest BCUT2D eigenvalue weighted by Crippen LogP contribution is 2.31. The van der Waals surface area contributed by atoms with E-state index in [0.29, 0.717) is 37.9 Å². The van der Waals surface area contributed by atoms with Crippen LogP contribution in [0, 0.1) is 6.92 Å². The molecule has 25 heavy (non-hydrogen) atoms. The van der Waals surface area contributed by atoms with Gasteiger partial charge in [0.15, 0.2) is 17.3 Å². The van der Waals surface area contributed by atoms with Crippen LogP contribution in [0.3, 0.4) is 0 Å². The summed E-state index contributed by atoms with van der Waals surface area (Å²) in [4.78, 5) is 18.9. The van der Waals surface area contributed by atoms with Crippen LogP contribution in [0.2, 0.25) is 0 Å². The van der Waals surface area contributed by atoms with E-state index in [1.54, 1.807) is 6.92 Å². The van der Waals surface area contributed by atoms with Crippen LogP contribution in [0.25, 0.3) is 0 Å². The lowest BCUT2D eigenvalue weighted by Crippen LogP contribution is -2.40. The van der Waals surface area contributed by atoms with Crippen LogP contribution in [0.5, 0.6) is 11.5 Å². The van der Waals surface area contributed by atoms with E-state index in [1.807, 2.05) is 23.1 Å². The zero-order valence-electron chi connectivity index (χ0n) is 14.2. The molecule has 2 aromatic rings. The zero-order chi connectivity index (χ0) is 17.2. The molecule has 0 aliphatic carbocycles. The fraction of sp³-hybridized carbons (Fsp3) is 0.500. The predicted octanol–water partition coefficient (Wildman–Crippen LogP) is 2.10. The van der Waals surface area contributed by atoms with Crippen molar-refractivity contribution >= 4 is 5.91 Å². The van der Waals surface area contributed by atoms with E-state index in [4.69, 9.17) is 14.0 Å². The lowest BCUT2D eigenvalue weighted by molar-refractivity contribution is -0.131. The molecule has 1 atom stereocenters. The third kappa shape index (κ3) is 3.45. The van der Waals surface area contributed by atoms with Crippen molar-refractivity contribution in [1.29, 1.82) is 0 Å². The first-order chi connectivity index (χ1) is 12.2. The lowest BCUT2D eigenvalue weighted by Gasteiger charge is -2.31. The van der Waals surface area contributed by atoms with E-state index >= 15 is 0 Å². The van der Waals surface area contributed by atoms with Gasteiger partial charge >= 0.3 is 0 Å². The standard InChI is InChI=1S/C18H21N3O4/c1-12-19-18(20-25-12)14-3-2-6-21(11-14)17(22)10-13-4-5-15-16(9-13)24-8-7-23-15/h4-5,9,14H,2-3,6-8,10-11H2,1H3. The van der Waals surface area contributed by atoms with E-state index in [2.05, 4.69) is 10.1 Å². The quantitative estimate of drug-likeness (QED) is 0.849. The number of carbonyl (C=O) groups is 1. The normalized spacial score (nSPS) is 19.7. The van der Waals surface area contributed by atoms with Crippen LogP contribution in [0.1, 0.15) is 36.0 Å². The summed E-state index contributed by atoms with van der Waals surface area (Å²) >= 11 is 0. The van der Waals surface area contributed by atoms with Crippen molar-refractivity contribution in [2.75, 3.05) is 26.3 Å². The average Bonchev–Trinajstić information content (AvgIpc) is 3.08. The lowest BCUT2D eigenvalue weighted by atomic mass is 9.96. The molecule has 1 aromatic heterocycles. The number of piperidine rings is 1. The molecule has 3 heterocycles. The molecule has 0 N–H and O–H groups in total. The van der Waals surface area contributed by atoms with Gasteiger partial charge in [-0.1, -0.05) is 11.2 Å². The third-order valence-corrected chi connectivity index (χ3v) is 4.64. The molecule has 1 aromatic carbocycles. The van der Waals surface area contributed by atoms with Gasteiger partial charge in [0.05, 0.1) is 6.42 Å². The summed E-state index contributed by atoms with van der Waals surface area (Å²) in [7, 11) is 0. The molecule has 0 saturated carbocycles. The molecule has 2 aliphatic rings. The maximum Gasteiger partial charge on any atom is 0.227 e. The highest BCUT2D eigenvalue weighted by molar-refractivity contribution is 5.79. The Bertz CT molecular complexity index is 773. The maximum absolute atomic E-state index is 12.7. The molecule has 132 valence electrons. The van der Waals surface area contributed by atoms with Crippen LogP contribution >= 0.6 is 0 Å². The van der Waals surface area contributed by atoms with Gasteiger partial charge in [0.2, 0.25) is 11.8 Å². The topological polar surface area (TPSA) is 77.7 Å². The first-order valence-electron chi connectivity index (χ1n) is 8.65. The monoisotopic (exact) mass is 343 g/mol. The Morgan fingerprint density at radius 1 is 1.28 bits per heavy atom. The van der Waals surface area contributed by atoms with Crippen LogP contribution in [-0.2, 0) is 11.2 Å². The molecule has 0 spiro atoms. The number of fused-ring (bicyclic) bond motifs is 1. The highest BCUT2D eigenvalue weighted by Gasteiger charge is 2.28. The number of carbonyl (C=O) groups excluding carboxylic acids is 1. The van der Waals surface area contributed by atoms with Crippen LogP contribution in [0.4, 0.5) is 0 Å². The molecule has 1 amide bonds. The second-order valence-electron chi connectivity index (χ2n) is 6.51. The Hall–Kier alpha value is -2.57. The van der Waals surface area contributed by atoms with Crippen molar-refractivity contribution in [2.24, 2.45) is 0 Å². The smallest absolute Gasteiger partial charge is 0.227 e. The maximum atomic E-state index is 12.7. The summed E-state index contributed by atoms with van der Waals surface area (Å²) in [5.74, 6) is 2.99. The van der Waals surface area contributed by atoms with E-state index in [1.165, 1.54) is 0 Å². The molecule has 7 nitrogen and oxygen atoms in total. The van der Waals surface area contributed by atoms with Gasteiger partial charge in [0.25, 0.3) is 0 Å². The number of benzene rings is 1. The first kappa shape index (κ1) is 15.9. The van der Waals surface area contributed by atoms with Crippen LogP contribution in [0.15, 0.2) is 22.7 Å². The van der Waals surface area contributed by atoms with E-state index < -0.39 is 0 Å². The number of ether oxygens (including phenoxy) is 2. The fourth-order valence-electron chi connectivity index (χ4n) is 3.38. The van der Waals surface area contributed by atoms with E-state index in [9.17, 15) is 4.79 Å². The number of hydrogen-bond acceptors (Lipinski definition) is 6. The van der Waals surface area contributed by atoms with Crippen molar-refractivity contribution in [1.82, 2.24) is 15.0 Å². The summed E-state index contributed by atoms with van der Waals surface area (Å²) in [5, 5.41) is 4.01. The average molecular weight is 343 g/mol. The second kappa shape index (κ2) is 6.74. The van der Waals surface area contributed by atoms with Crippen molar-refractivity contribution in [2.45, 2.75) is 32.1 Å². The molecule has 2 aliphatic heterocycles. The van der Waals surface area contributed by atoms with Crippen molar-refractivity contribution in [3.63, 3.8) is 0 Å². The van der Waals surface area contributed by atoms with Crippen molar-refractivity contribution < 1.29 is 18.8 Å². The molecule has 7 heteroatoms. The third-order valence-electron chi connectivity index (χ3n) is 4.64. The van der Waals surface area contributed by atoms with E-state index in [0.717, 1.165) is 36.4 Å². The Labute approximate surface area is 145 Å². The second-order valence-corrected chi connectivity index (χ2v) is 6.51. The molecule has 0 bridgehead atoms. The molecule has 4 rings (SSSR count). The number of aromatic nitrogens is 2. The van der Waals surface area contributed by atoms with Crippen molar-refractivity contribution in [3.05, 3.63) is 35.5 Å². The summed E-state index contributed by atoms with van der Waals surface area (Å²) in [5.41, 5.74) is 0.937. The number of hydrogen-bond donors (Lipinski definition) is 0. The summed E-state index contributed by atoms with van der Waals surface area (Å²) in [6.45, 7) is 4.31. The molecule has 1 unspecified atom stereocenters. The minimum atomic E-state index is 0.113. The zero-order valence-corrected chi connectivity index (χ0v) is 14.2. The van der Waals surface area contributed by atoms with Gasteiger partial charge in [0, 0.05) is 25.9 Å². The first-order valence-corrected chi connectivity index (χ1v) is 8.65. The Morgan fingerprint density at radius 3 is 2.92 bits per heavy atom. The van der Waals surface area contributed by atoms with Crippen LogP contribution in [-0.4, -0.2) is 47.3 Å². The summed E-state index contributed by atoms with van der Waals surface area (Å²) in [6, 6.07) is 5.70. The number of likely N-dealkylation sites (tertiary alicyclic amines) is 1. The van der Waals surface area contributed by atoms with Gasteiger partial charge in [-0.15, -0.1) is 0 Å². The molecule has 0 radical (unpaired) electrons. The minimum Gasteiger partial charge on any atom is -0.486 e. The summed E-state index contributed by atoms with van der Waals surface area (Å²) < 4.78 is 16.2. The van der Waals surface area contributed by atoms with Crippen LogP contribution < -0.4 is 9.47 Å². The van der Waals surface area contributed by atoms with Gasteiger partial charge < -0.3 is 18.9 Å². The predicted molar refractivity (Wildman–Crippen MR) is 88.7 cm³/mol.